The van der Waals surface area contributed by atoms with Gasteiger partial charge in [0.25, 0.3) is 0 Å². The quantitative estimate of drug-likeness (QED) is 0.462. The molecule has 4 rings (SSSR count). The zero-order valence-corrected chi connectivity index (χ0v) is 19.2. The van der Waals surface area contributed by atoms with Gasteiger partial charge in [-0.15, -0.1) is 16.9 Å². The number of β-lactam (4-membered cyclic amide) rings is 1. The van der Waals surface area contributed by atoms with Gasteiger partial charge in [0.1, 0.15) is 11.4 Å². The summed E-state index contributed by atoms with van der Waals surface area (Å²) >= 11 is 1.46. The van der Waals surface area contributed by atoms with Crippen molar-refractivity contribution in [3.8, 4) is 0 Å². The molecule has 0 bridgehead atoms. The van der Waals surface area contributed by atoms with Crippen LogP contribution in [-0.4, -0.2) is 90.8 Å². The molecule has 6 atom stereocenters. The fraction of sp³-hybridized carbons (Fsp3) is 0.650. The molecule has 1 aromatic heterocycles. The van der Waals surface area contributed by atoms with E-state index in [2.05, 4.69) is 15.6 Å². The number of likely N-dealkylation sites (N-methyl/N-ethyl adjacent to an activating group) is 1. The smallest absolute Gasteiger partial charge is 0.353 e. The summed E-state index contributed by atoms with van der Waals surface area (Å²) in [6, 6.07) is -0.886. The van der Waals surface area contributed by atoms with Crippen molar-refractivity contribution in [1.29, 1.82) is 0 Å². The molecular formula is C20H28N6O5S. The monoisotopic (exact) mass is 464 g/mol. The first kappa shape index (κ1) is 22.7. The number of aliphatic carboxylic acids is 1. The van der Waals surface area contributed by atoms with Crippen LogP contribution < -0.4 is 5.32 Å². The molecule has 0 aliphatic carbocycles. The number of hydrogen-bond donors (Lipinski definition) is 3. The largest absolute Gasteiger partial charge is 0.477 e. The second kappa shape index (κ2) is 8.49. The molecule has 12 heteroatoms. The van der Waals surface area contributed by atoms with Gasteiger partial charge in [-0.05, 0) is 13.3 Å². The summed E-state index contributed by atoms with van der Waals surface area (Å²) in [6.07, 6.45) is 2.21. The van der Waals surface area contributed by atoms with Crippen LogP contribution in [0.5, 0.6) is 0 Å². The van der Waals surface area contributed by atoms with E-state index in [0.717, 1.165) is 0 Å². The molecule has 2 unspecified atom stereocenters. The maximum absolute atomic E-state index is 13.0. The van der Waals surface area contributed by atoms with Crippen LogP contribution in [0, 0.1) is 11.8 Å². The van der Waals surface area contributed by atoms with E-state index in [1.54, 1.807) is 29.9 Å². The van der Waals surface area contributed by atoms with Gasteiger partial charge in [0.15, 0.2) is 0 Å². The highest BCUT2D eigenvalue weighted by atomic mass is 32.2. The van der Waals surface area contributed by atoms with Crippen molar-refractivity contribution in [3.63, 3.8) is 0 Å². The van der Waals surface area contributed by atoms with Crippen molar-refractivity contribution in [1.82, 2.24) is 30.1 Å². The number of aromatic nitrogens is 3. The highest BCUT2D eigenvalue weighted by Crippen LogP contribution is 2.53. The lowest BCUT2D eigenvalue weighted by molar-refractivity contribution is -0.159. The third-order valence-electron chi connectivity index (χ3n) is 6.57. The molecule has 0 saturated carbocycles. The number of carbonyl (C=O) groups is 3. The Morgan fingerprint density at radius 3 is 2.72 bits per heavy atom. The van der Waals surface area contributed by atoms with Crippen LogP contribution in [0.2, 0.25) is 0 Å². The molecule has 3 N–H and O–H groups in total. The summed E-state index contributed by atoms with van der Waals surface area (Å²) in [4.78, 5) is 41.1. The van der Waals surface area contributed by atoms with Crippen LogP contribution in [-0.2, 0) is 21.0 Å². The molecule has 11 nitrogen and oxygen atoms in total. The number of carbonyl (C=O) groups excluding carboxylic acids is 2. The van der Waals surface area contributed by atoms with Crippen molar-refractivity contribution < 1.29 is 24.6 Å². The van der Waals surface area contributed by atoms with Crippen LogP contribution in [0.4, 0.5) is 0 Å². The van der Waals surface area contributed by atoms with E-state index in [1.165, 1.54) is 16.7 Å². The molecule has 0 radical (unpaired) electrons. The van der Waals surface area contributed by atoms with Crippen molar-refractivity contribution in [2.45, 2.75) is 50.3 Å². The predicted molar refractivity (Wildman–Crippen MR) is 115 cm³/mol. The van der Waals surface area contributed by atoms with Crippen molar-refractivity contribution in [2.75, 3.05) is 20.6 Å². The molecule has 0 spiro atoms. The van der Waals surface area contributed by atoms with Gasteiger partial charge in [-0.2, -0.15) is 0 Å². The highest BCUT2D eigenvalue weighted by Gasteiger charge is 2.60. The van der Waals surface area contributed by atoms with Gasteiger partial charge in [0, 0.05) is 36.7 Å². The number of amides is 2. The lowest BCUT2D eigenvalue weighted by Gasteiger charge is -2.47. The number of nitrogens with one attached hydrogen (secondary N) is 1. The molecular weight excluding hydrogens is 436 g/mol. The lowest BCUT2D eigenvalue weighted by Crippen LogP contribution is -2.62. The van der Waals surface area contributed by atoms with Gasteiger partial charge in [-0.1, -0.05) is 12.1 Å². The number of hydrogen-bond acceptors (Lipinski definition) is 8. The average Bonchev–Trinajstić information content (AvgIpc) is 3.46. The van der Waals surface area contributed by atoms with Crippen LogP contribution in [0.15, 0.2) is 16.8 Å². The fourth-order valence-electron chi connectivity index (χ4n) is 4.90. The number of rotatable bonds is 7. The number of thioether (sulfide) groups is 1. The molecule has 2 fully saturated rings. The molecule has 0 aromatic carbocycles. The number of carboxylic acid groups (broad SMARTS) is 1. The van der Waals surface area contributed by atoms with Crippen LogP contribution >= 0.6 is 11.8 Å². The van der Waals surface area contributed by atoms with E-state index < -0.39 is 11.9 Å². The maximum atomic E-state index is 13.0. The van der Waals surface area contributed by atoms with E-state index in [9.17, 15) is 24.6 Å². The first-order chi connectivity index (χ1) is 15.1. The van der Waals surface area contributed by atoms with Gasteiger partial charge in [-0.3, -0.25) is 9.59 Å². The third-order valence-corrected chi connectivity index (χ3v) is 8.08. The molecule has 1 aromatic rings. The second-order valence-electron chi connectivity index (χ2n) is 8.79. The Bertz CT molecular complexity index is 977. The number of nitrogens with zero attached hydrogens (tertiary/aromatic N) is 5. The van der Waals surface area contributed by atoms with Crippen LogP contribution in [0.25, 0.3) is 0 Å². The second-order valence-corrected chi connectivity index (χ2v) is 10.1. The zero-order chi connectivity index (χ0) is 23.3. The minimum Gasteiger partial charge on any atom is -0.477 e. The summed E-state index contributed by atoms with van der Waals surface area (Å²) in [6.45, 7) is 4.16. The van der Waals surface area contributed by atoms with E-state index in [0.29, 0.717) is 23.6 Å². The fourth-order valence-corrected chi connectivity index (χ4v) is 6.38. The molecule has 174 valence electrons. The summed E-state index contributed by atoms with van der Waals surface area (Å²) < 4.78 is 1.56. The van der Waals surface area contributed by atoms with Crippen molar-refractivity contribution in [3.05, 3.63) is 22.5 Å². The molecule has 2 amide bonds. The third kappa shape index (κ3) is 3.59. The number of carboxylic acids is 1. The Morgan fingerprint density at radius 2 is 2.12 bits per heavy atom. The summed E-state index contributed by atoms with van der Waals surface area (Å²) in [5.41, 5.74) is 0.467. The molecule has 32 heavy (non-hydrogen) atoms. The van der Waals surface area contributed by atoms with Crippen molar-refractivity contribution in [2.24, 2.45) is 11.8 Å². The summed E-state index contributed by atoms with van der Waals surface area (Å²) in [5.74, 6) is -1.94. The molecule has 4 heterocycles. The maximum Gasteiger partial charge on any atom is 0.353 e. The van der Waals surface area contributed by atoms with Crippen molar-refractivity contribution >= 4 is 29.5 Å². The van der Waals surface area contributed by atoms with Gasteiger partial charge in [-0.25, -0.2) is 9.48 Å². The van der Waals surface area contributed by atoms with Crippen LogP contribution in [0.3, 0.4) is 0 Å². The highest BCUT2D eigenvalue weighted by molar-refractivity contribution is 8.03. The normalized spacial score (nSPS) is 30.3. The minimum absolute atomic E-state index is 0.00275. The lowest BCUT2D eigenvalue weighted by atomic mass is 9.78. The first-order valence-electron chi connectivity index (χ1n) is 10.6. The Balaban J connectivity index is 1.53. The summed E-state index contributed by atoms with van der Waals surface area (Å²) in [7, 11) is 3.43. The first-order valence-corrected chi connectivity index (χ1v) is 11.5. The van der Waals surface area contributed by atoms with E-state index in [4.69, 9.17) is 0 Å². The van der Waals surface area contributed by atoms with Gasteiger partial charge in [0.2, 0.25) is 11.8 Å². The molecule has 2 saturated heterocycles. The van der Waals surface area contributed by atoms with Gasteiger partial charge < -0.3 is 25.3 Å². The Kier molecular flexibility index (Phi) is 6.03. The van der Waals surface area contributed by atoms with E-state index >= 15 is 0 Å². The minimum atomic E-state index is -1.11. The van der Waals surface area contributed by atoms with E-state index in [-0.39, 0.29) is 53.4 Å². The molecule has 3 aliphatic heterocycles. The number of aliphatic hydroxyl groups excluding tert-OH is 1. The number of fused-ring (bicyclic) bond motifs is 1. The Labute approximate surface area is 189 Å². The predicted octanol–water partition coefficient (Wildman–Crippen LogP) is -0.344. The van der Waals surface area contributed by atoms with E-state index in [1.807, 2.05) is 13.8 Å². The summed E-state index contributed by atoms with van der Waals surface area (Å²) in [5, 5.41) is 30.3. The Hall–Kier alpha value is -2.44. The van der Waals surface area contributed by atoms with Gasteiger partial charge in [0.05, 0.1) is 36.8 Å². The number of aliphatic hydroxyl groups is 1. The zero-order valence-electron chi connectivity index (χ0n) is 18.4. The SMILES string of the molecule is C[C@H]([C@H]1C(=O)N2C(C(=O)O)=C(SC3CNC(C(=O)N(C)C)C3)[C@H](C)[C@@H]12)n1cc(CO)nn1. The molecule has 3 aliphatic rings. The Morgan fingerprint density at radius 1 is 1.41 bits per heavy atom. The van der Waals surface area contributed by atoms with Gasteiger partial charge >= 0.3 is 5.97 Å². The van der Waals surface area contributed by atoms with Crippen LogP contribution in [0.1, 0.15) is 32.0 Å². The standard InChI is InChI=1S/C20H28N6O5S/c1-9-15-14(10(2)25-7-11(8-27)22-23-25)19(29)26(15)16(20(30)31)17(9)32-12-5-13(21-6-12)18(28)24(3)4/h7,9-10,12-15,21,27H,5-6,8H2,1-4H3,(H,30,31)/t9-,10-,12?,13?,14-,15+/m1/s1. The average molecular weight is 465 g/mol. The topological polar surface area (TPSA) is 141 Å².